The molecule has 0 unspecified atom stereocenters. The molecule has 0 atom stereocenters. The average molecular weight is 302 g/mol. The quantitative estimate of drug-likeness (QED) is 0.653. The fraction of sp³-hybridized carbons (Fsp3) is 0.562. The number of nitrogens with one attached hydrogen (secondary N) is 1. The van der Waals surface area contributed by atoms with Gasteiger partial charge in [-0.15, -0.1) is 0 Å². The van der Waals surface area contributed by atoms with Crippen LogP contribution in [0.5, 0.6) is 0 Å². The molecule has 0 radical (unpaired) electrons. The maximum atomic E-state index is 8.62. The summed E-state index contributed by atoms with van der Waals surface area (Å²) in [7, 11) is 0. The van der Waals surface area contributed by atoms with Crippen molar-refractivity contribution in [2.24, 2.45) is 0 Å². The second-order valence-electron chi connectivity index (χ2n) is 5.67. The van der Waals surface area contributed by atoms with Gasteiger partial charge in [-0.2, -0.15) is 5.26 Å². The molecule has 0 saturated carbocycles. The summed E-state index contributed by atoms with van der Waals surface area (Å²) in [4.78, 5) is 2.28. The summed E-state index contributed by atoms with van der Waals surface area (Å²) in [5.41, 5.74) is 8.96. The van der Waals surface area contributed by atoms with Crippen LogP contribution in [0.4, 0.5) is 17.1 Å². The van der Waals surface area contributed by atoms with Crippen LogP contribution >= 0.6 is 0 Å². The topological polar surface area (TPSA) is 83.5 Å². The molecule has 6 heteroatoms. The van der Waals surface area contributed by atoms with E-state index in [9.17, 15) is 0 Å². The first-order chi connectivity index (χ1) is 10.7. The number of ether oxygens (including phenoxy) is 2. The number of benzene rings is 1. The van der Waals surface area contributed by atoms with Crippen LogP contribution in [0, 0.1) is 11.3 Å². The molecule has 2 saturated heterocycles. The van der Waals surface area contributed by atoms with E-state index in [1.54, 1.807) is 0 Å². The predicted molar refractivity (Wildman–Crippen MR) is 85.7 cm³/mol. The van der Waals surface area contributed by atoms with Gasteiger partial charge in [-0.05, 0) is 12.1 Å². The highest BCUT2D eigenvalue weighted by molar-refractivity contribution is 5.81. The number of para-hydroxylation sites is 1. The smallest absolute Gasteiger partial charge is 0.171 e. The second-order valence-corrected chi connectivity index (χ2v) is 5.67. The van der Waals surface area contributed by atoms with Gasteiger partial charge in [-0.1, -0.05) is 6.07 Å². The van der Waals surface area contributed by atoms with Crippen molar-refractivity contribution in [1.82, 2.24) is 0 Å². The largest absolute Gasteiger partial charge is 0.395 e. The lowest BCUT2D eigenvalue weighted by atomic mass is 10.0. The van der Waals surface area contributed by atoms with Gasteiger partial charge in [0, 0.05) is 32.5 Å². The van der Waals surface area contributed by atoms with Crippen molar-refractivity contribution in [3.8, 4) is 6.07 Å². The number of hydrogen-bond donors (Lipinski definition) is 2. The van der Waals surface area contributed by atoms with Crippen LogP contribution in [-0.4, -0.2) is 38.6 Å². The van der Waals surface area contributed by atoms with Gasteiger partial charge in [0.15, 0.2) is 5.79 Å². The molecule has 2 heterocycles. The SMILES string of the molecule is N#CCCNc1cccc(N2CCC3(CC2)OCCO3)c1N. The maximum Gasteiger partial charge on any atom is 0.171 e. The van der Waals surface area contributed by atoms with Crippen molar-refractivity contribution < 1.29 is 9.47 Å². The molecule has 2 aliphatic rings. The van der Waals surface area contributed by atoms with Crippen LogP contribution in [-0.2, 0) is 9.47 Å². The first kappa shape index (κ1) is 14.9. The molecule has 118 valence electrons. The molecular formula is C16H22N4O2. The zero-order valence-corrected chi connectivity index (χ0v) is 12.7. The Labute approximate surface area is 130 Å². The third-order valence-electron chi connectivity index (χ3n) is 4.31. The maximum absolute atomic E-state index is 8.62. The molecule has 1 aromatic rings. The minimum Gasteiger partial charge on any atom is -0.395 e. The fourth-order valence-electron chi connectivity index (χ4n) is 3.11. The Kier molecular flexibility index (Phi) is 4.36. The summed E-state index contributed by atoms with van der Waals surface area (Å²) in [5.74, 6) is -0.367. The highest BCUT2D eigenvalue weighted by atomic mass is 16.7. The monoisotopic (exact) mass is 302 g/mol. The average Bonchev–Trinajstić information content (AvgIpc) is 2.99. The number of nitriles is 1. The third kappa shape index (κ3) is 2.96. The summed E-state index contributed by atoms with van der Waals surface area (Å²) in [6.45, 7) is 3.73. The molecule has 1 spiro atoms. The van der Waals surface area contributed by atoms with Gasteiger partial charge in [-0.3, -0.25) is 0 Å². The lowest BCUT2D eigenvalue weighted by Crippen LogP contribution is -2.45. The van der Waals surface area contributed by atoms with Crippen LogP contribution in [0.25, 0.3) is 0 Å². The van der Waals surface area contributed by atoms with Crippen molar-refractivity contribution in [3.63, 3.8) is 0 Å². The molecule has 22 heavy (non-hydrogen) atoms. The van der Waals surface area contributed by atoms with Gasteiger partial charge in [0.1, 0.15) is 0 Å². The van der Waals surface area contributed by atoms with Gasteiger partial charge in [0.2, 0.25) is 0 Å². The molecule has 0 amide bonds. The Morgan fingerprint density at radius 3 is 2.68 bits per heavy atom. The first-order valence-electron chi connectivity index (χ1n) is 7.76. The minimum absolute atomic E-state index is 0.367. The Morgan fingerprint density at radius 2 is 2.00 bits per heavy atom. The van der Waals surface area contributed by atoms with Crippen molar-refractivity contribution in [2.45, 2.75) is 25.0 Å². The van der Waals surface area contributed by atoms with Crippen molar-refractivity contribution in [1.29, 1.82) is 5.26 Å². The number of hydrogen-bond acceptors (Lipinski definition) is 6. The van der Waals surface area contributed by atoms with E-state index in [1.165, 1.54) is 0 Å². The molecule has 0 bridgehead atoms. The molecule has 0 aromatic heterocycles. The highest BCUT2D eigenvalue weighted by Gasteiger charge is 2.40. The molecule has 3 N–H and O–H groups in total. The summed E-state index contributed by atoms with van der Waals surface area (Å²) >= 11 is 0. The van der Waals surface area contributed by atoms with Crippen molar-refractivity contribution in [2.75, 3.05) is 48.8 Å². The van der Waals surface area contributed by atoms with E-state index in [4.69, 9.17) is 20.5 Å². The molecule has 3 rings (SSSR count). The van der Waals surface area contributed by atoms with Crippen molar-refractivity contribution >= 4 is 17.1 Å². The molecule has 2 fully saturated rings. The van der Waals surface area contributed by atoms with E-state index in [0.29, 0.717) is 26.2 Å². The second kappa shape index (κ2) is 6.42. The number of rotatable bonds is 4. The molecule has 0 aliphatic carbocycles. The third-order valence-corrected chi connectivity index (χ3v) is 4.31. The van der Waals surface area contributed by atoms with E-state index < -0.39 is 0 Å². The Bertz CT molecular complexity index is 554. The Balaban J connectivity index is 1.67. The van der Waals surface area contributed by atoms with E-state index in [-0.39, 0.29) is 5.79 Å². The lowest BCUT2D eigenvalue weighted by molar-refractivity contribution is -0.169. The van der Waals surface area contributed by atoms with E-state index in [2.05, 4.69) is 16.3 Å². The van der Waals surface area contributed by atoms with Gasteiger partial charge >= 0.3 is 0 Å². The Morgan fingerprint density at radius 1 is 1.27 bits per heavy atom. The number of nitrogen functional groups attached to an aromatic ring is 1. The molecular weight excluding hydrogens is 280 g/mol. The molecule has 1 aromatic carbocycles. The van der Waals surface area contributed by atoms with Gasteiger partial charge in [0.05, 0.1) is 42.8 Å². The zero-order chi connectivity index (χ0) is 15.4. The van der Waals surface area contributed by atoms with Gasteiger partial charge in [-0.25, -0.2) is 0 Å². The molecule has 2 aliphatic heterocycles. The van der Waals surface area contributed by atoms with E-state index in [1.807, 2.05) is 18.2 Å². The Hall–Kier alpha value is -1.97. The number of nitrogens with two attached hydrogens (primary N) is 1. The normalized spacial score (nSPS) is 20.0. The van der Waals surface area contributed by atoms with Crippen LogP contribution in [0.3, 0.4) is 0 Å². The standard InChI is InChI=1S/C16H22N4O2/c17-7-2-8-19-13-3-1-4-14(15(13)18)20-9-5-16(6-10-20)21-11-12-22-16/h1,3-4,19H,2,5-6,8-12,18H2. The van der Waals surface area contributed by atoms with E-state index >= 15 is 0 Å². The van der Waals surface area contributed by atoms with Gasteiger partial charge in [0.25, 0.3) is 0 Å². The van der Waals surface area contributed by atoms with E-state index in [0.717, 1.165) is 43.0 Å². The number of anilines is 3. The number of piperidine rings is 1. The summed E-state index contributed by atoms with van der Waals surface area (Å²) in [6, 6.07) is 8.11. The van der Waals surface area contributed by atoms with Crippen LogP contribution < -0.4 is 16.0 Å². The van der Waals surface area contributed by atoms with Gasteiger partial charge < -0.3 is 25.4 Å². The van der Waals surface area contributed by atoms with Crippen LogP contribution in [0.15, 0.2) is 18.2 Å². The summed E-state index contributed by atoms with van der Waals surface area (Å²) in [6.07, 6.45) is 2.18. The fourth-order valence-corrected chi connectivity index (χ4v) is 3.11. The highest BCUT2D eigenvalue weighted by Crippen LogP contribution is 2.36. The summed E-state index contributed by atoms with van der Waals surface area (Å²) in [5, 5.41) is 11.8. The van der Waals surface area contributed by atoms with Crippen molar-refractivity contribution in [3.05, 3.63) is 18.2 Å². The predicted octanol–water partition coefficient (Wildman–Crippen LogP) is 1.94. The summed E-state index contributed by atoms with van der Waals surface area (Å²) < 4.78 is 11.5. The minimum atomic E-state index is -0.367. The van der Waals surface area contributed by atoms with Crippen LogP contribution in [0.2, 0.25) is 0 Å². The number of nitrogens with zero attached hydrogens (tertiary/aromatic N) is 2. The zero-order valence-electron chi connectivity index (χ0n) is 12.7. The lowest BCUT2D eigenvalue weighted by Gasteiger charge is -2.39. The molecule has 6 nitrogen and oxygen atoms in total. The van der Waals surface area contributed by atoms with Crippen LogP contribution in [0.1, 0.15) is 19.3 Å². The first-order valence-corrected chi connectivity index (χ1v) is 7.76.